The van der Waals surface area contributed by atoms with E-state index >= 15 is 0 Å². The Morgan fingerprint density at radius 3 is 2.80 bits per heavy atom. The number of hydrogen-bond donors (Lipinski definition) is 3. The molecule has 15 heavy (non-hydrogen) atoms. The van der Waals surface area contributed by atoms with Crippen LogP contribution in [0.15, 0.2) is 23.4 Å². The van der Waals surface area contributed by atoms with Crippen molar-refractivity contribution in [2.24, 2.45) is 10.9 Å². The van der Waals surface area contributed by atoms with Gasteiger partial charge in [0.05, 0.1) is 5.69 Å². The summed E-state index contributed by atoms with van der Waals surface area (Å²) in [6.07, 6.45) is 0. The molecule has 0 saturated heterocycles. The van der Waals surface area contributed by atoms with Crippen molar-refractivity contribution in [3.05, 3.63) is 29.6 Å². The van der Waals surface area contributed by atoms with E-state index in [1.165, 1.54) is 19.1 Å². The fraction of sp³-hybridized carbons (Fsp3) is 0.111. The second-order valence-electron chi connectivity index (χ2n) is 2.86. The average molecular weight is 211 g/mol. The van der Waals surface area contributed by atoms with E-state index in [4.69, 9.17) is 10.9 Å². The number of nitrogens with one attached hydrogen (secondary N) is 1. The number of carbonyl (C=O) groups excluding carboxylic acids is 1. The number of hydrogen-bond acceptors (Lipinski definition) is 3. The number of nitrogens with two attached hydrogens (primary N) is 1. The van der Waals surface area contributed by atoms with Gasteiger partial charge in [-0.05, 0) is 18.2 Å². The molecule has 0 aromatic heterocycles. The number of carbonyl (C=O) groups is 1. The van der Waals surface area contributed by atoms with Crippen LogP contribution in [0.5, 0.6) is 0 Å². The molecule has 1 rings (SSSR count). The van der Waals surface area contributed by atoms with Gasteiger partial charge in [-0.15, -0.1) is 0 Å². The lowest BCUT2D eigenvalue weighted by molar-refractivity contribution is -0.114. The molecule has 1 aromatic rings. The Hall–Kier alpha value is -2.11. The SMILES string of the molecule is CC(=O)Nc1ccc(F)cc1/C(N)=N/O. The molecular formula is C9H10FN3O2. The van der Waals surface area contributed by atoms with Crippen molar-refractivity contribution >= 4 is 17.4 Å². The number of oxime groups is 1. The number of anilines is 1. The van der Waals surface area contributed by atoms with Crippen LogP contribution in [0.3, 0.4) is 0 Å². The first-order chi connectivity index (χ1) is 7.04. The Balaban J connectivity index is 3.20. The van der Waals surface area contributed by atoms with Crippen LogP contribution in [0.25, 0.3) is 0 Å². The molecule has 0 unspecified atom stereocenters. The predicted octanol–water partition coefficient (Wildman–Crippen LogP) is 0.879. The number of benzene rings is 1. The summed E-state index contributed by atoms with van der Waals surface area (Å²) in [5.74, 6) is -1.13. The monoisotopic (exact) mass is 211 g/mol. The summed E-state index contributed by atoms with van der Waals surface area (Å²) < 4.78 is 12.9. The highest BCUT2D eigenvalue weighted by Crippen LogP contribution is 2.16. The highest BCUT2D eigenvalue weighted by atomic mass is 19.1. The maximum Gasteiger partial charge on any atom is 0.221 e. The summed E-state index contributed by atoms with van der Waals surface area (Å²) in [7, 11) is 0. The Morgan fingerprint density at radius 2 is 2.27 bits per heavy atom. The molecule has 80 valence electrons. The van der Waals surface area contributed by atoms with Crippen LogP contribution in [-0.2, 0) is 4.79 Å². The van der Waals surface area contributed by atoms with Gasteiger partial charge in [-0.3, -0.25) is 4.79 Å². The van der Waals surface area contributed by atoms with E-state index in [0.29, 0.717) is 5.69 Å². The second-order valence-corrected chi connectivity index (χ2v) is 2.86. The molecule has 0 radical (unpaired) electrons. The van der Waals surface area contributed by atoms with Gasteiger partial charge in [0.1, 0.15) is 5.82 Å². The first kappa shape index (κ1) is 11.0. The minimum atomic E-state index is -0.536. The summed E-state index contributed by atoms with van der Waals surface area (Å²) in [4.78, 5) is 10.8. The Kier molecular flexibility index (Phi) is 3.22. The van der Waals surface area contributed by atoms with Crippen molar-refractivity contribution in [1.82, 2.24) is 0 Å². The van der Waals surface area contributed by atoms with Crippen molar-refractivity contribution < 1.29 is 14.4 Å². The first-order valence-electron chi connectivity index (χ1n) is 4.09. The first-order valence-corrected chi connectivity index (χ1v) is 4.09. The summed E-state index contributed by atoms with van der Waals surface area (Å²) in [6, 6.07) is 3.57. The summed E-state index contributed by atoms with van der Waals surface area (Å²) in [5, 5.41) is 13.6. The van der Waals surface area contributed by atoms with Crippen LogP contribution in [0.1, 0.15) is 12.5 Å². The van der Waals surface area contributed by atoms with Crippen LogP contribution in [0, 0.1) is 5.82 Å². The van der Waals surface area contributed by atoms with Crippen LogP contribution >= 0.6 is 0 Å². The van der Waals surface area contributed by atoms with Gasteiger partial charge in [-0.2, -0.15) is 0 Å². The third-order valence-electron chi connectivity index (χ3n) is 1.68. The quantitative estimate of drug-likeness (QED) is 0.293. The van der Waals surface area contributed by atoms with Crippen LogP contribution in [0.2, 0.25) is 0 Å². The zero-order valence-electron chi connectivity index (χ0n) is 7.99. The van der Waals surface area contributed by atoms with Crippen molar-refractivity contribution in [3.8, 4) is 0 Å². The van der Waals surface area contributed by atoms with E-state index in [2.05, 4.69) is 10.5 Å². The smallest absolute Gasteiger partial charge is 0.221 e. The van der Waals surface area contributed by atoms with Gasteiger partial charge in [-0.25, -0.2) is 4.39 Å². The maximum atomic E-state index is 12.9. The minimum absolute atomic E-state index is 0.132. The Bertz CT molecular complexity index is 418. The van der Waals surface area contributed by atoms with E-state index < -0.39 is 5.82 Å². The van der Waals surface area contributed by atoms with E-state index in [9.17, 15) is 9.18 Å². The molecule has 0 spiro atoms. The zero-order valence-corrected chi connectivity index (χ0v) is 7.99. The molecule has 0 aliphatic rings. The van der Waals surface area contributed by atoms with Gasteiger partial charge in [-0.1, -0.05) is 5.16 Å². The van der Waals surface area contributed by atoms with Gasteiger partial charge in [0, 0.05) is 12.5 Å². The van der Waals surface area contributed by atoms with Crippen LogP contribution < -0.4 is 11.1 Å². The van der Waals surface area contributed by atoms with E-state index in [1.807, 2.05) is 0 Å². The number of rotatable bonds is 2. The molecular weight excluding hydrogens is 201 g/mol. The van der Waals surface area contributed by atoms with Crippen LogP contribution in [0.4, 0.5) is 10.1 Å². The van der Waals surface area contributed by atoms with Gasteiger partial charge in [0.15, 0.2) is 5.84 Å². The zero-order chi connectivity index (χ0) is 11.4. The Morgan fingerprint density at radius 1 is 1.60 bits per heavy atom. The summed E-state index contributed by atoms with van der Waals surface area (Å²) >= 11 is 0. The molecule has 0 heterocycles. The highest BCUT2D eigenvalue weighted by molar-refractivity contribution is 6.05. The minimum Gasteiger partial charge on any atom is -0.409 e. The fourth-order valence-electron chi connectivity index (χ4n) is 1.08. The van der Waals surface area contributed by atoms with Crippen molar-refractivity contribution in [3.63, 3.8) is 0 Å². The van der Waals surface area contributed by atoms with E-state index in [0.717, 1.165) is 6.07 Å². The third-order valence-corrected chi connectivity index (χ3v) is 1.68. The van der Waals surface area contributed by atoms with Crippen molar-refractivity contribution in [1.29, 1.82) is 0 Å². The van der Waals surface area contributed by atoms with Gasteiger partial charge in [0.2, 0.25) is 5.91 Å². The van der Waals surface area contributed by atoms with Gasteiger partial charge >= 0.3 is 0 Å². The fourth-order valence-corrected chi connectivity index (χ4v) is 1.08. The van der Waals surface area contributed by atoms with E-state index in [1.54, 1.807) is 0 Å². The molecule has 0 fully saturated rings. The summed E-state index contributed by atoms with van der Waals surface area (Å²) in [6.45, 7) is 1.30. The summed E-state index contributed by atoms with van der Waals surface area (Å²) in [5.41, 5.74) is 5.74. The molecule has 5 nitrogen and oxygen atoms in total. The topological polar surface area (TPSA) is 87.7 Å². The highest BCUT2D eigenvalue weighted by Gasteiger charge is 2.09. The number of amidine groups is 1. The molecule has 0 aliphatic heterocycles. The van der Waals surface area contributed by atoms with Gasteiger partial charge in [0.25, 0.3) is 0 Å². The number of nitrogens with zero attached hydrogens (tertiary/aromatic N) is 1. The Labute approximate surface area is 85.4 Å². The molecule has 0 saturated carbocycles. The molecule has 1 aromatic carbocycles. The number of amides is 1. The molecule has 4 N–H and O–H groups in total. The lowest BCUT2D eigenvalue weighted by Crippen LogP contribution is -2.18. The average Bonchev–Trinajstić information content (AvgIpc) is 2.19. The normalized spacial score (nSPS) is 11.2. The molecule has 0 atom stereocenters. The second kappa shape index (κ2) is 4.41. The van der Waals surface area contributed by atoms with Crippen LogP contribution in [-0.4, -0.2) is 17.0 Å². The standard InChI is InChI=1S/C9H10FN3O2/c1-5(14)12-8-3-2-6(10)4-7(8)9(11)13-15/h2-4,15H,1H3,(H2,11,13)(H,12,14). The molecule has 0 aliphatic carbocycles. The lowest BCUT2D eigenvalue weighted by atomic mass is 10.1. The van der Waals surface area contributed by atoms with E-state index in [-0.39, 0.29) is 17.3 Å². The predicted molar refractivity (Wildman–Crippen MR) is 53.2 cm³/mol. The van der Waals surface area contributed by atoms with Crippen molar-refractivity contribution in [2.45, 2.75) is 6.92 Å². The number of halogens is 1. The molecule has 0 bridgehead atoms. The molecule has 1 amide bonds. The largest absolute Gasteiger partial charge is 0.409 e. The molecule has 6 heteroatoms. The lowest BCUT2D eigenvalue weighted by Gasteiger charge is -2.08. The third kappa shape index (κ3) is 2.67. The van der Waals surface area contributed by atoms with Crippen molar-refractivity contribution in [2.75, 3.05) is 5.32 Å². The maximum absolute atomic E-state index is 12.9. The van der Waals surface area contributed by atoms with Gasteiger partial charge < -0.3 is 16.3 Å².